The summed E-state index contributed by atoms with van der Waals surface area (Å²) in [4.78, 5) is 13.8. The van der Waals surface area contributed by atoms with Gasteiger partial charge in [0.2, 0.25) is 0 Å². The van der Waals surface area contributed by atoms with Gasteiger partial charge in [0.05, 0.1) is 6.07 Å². The summed E-state index contributed by atoms with van der Waals surface area (Å²) >= 11 is 5.86. The van der Waals surface area contributed by atoms with Crippen LogP contribution in [0.25, 0.3) is 0 Å². The second kappa shape index (κ2) is 5.94. The van der Waals surface area contributed by atoms with E-state index in [1.54, 1.807) is 36.1 Å². The van der Waals surface area contributed by atoms with Crippen LogP contribution in [-0.2, 0) is 4.79 Å². The van der Waals surface area contributed by atoms with Crippen LogP contribution in [0.15, 0.2) is 24.3 Å². The molecule has 100 valence electrons. The van der Waals surface area contributed by atoms with Gasteiger partial charge in [-0.25, -0.2) is 0 Å². The van der Waals surface area contributed by atoms with Crippen LogP contribution in [0, 0.1) is 11.3 Å². The summed E-state index contributed by atoms with van der Waals surface area (Å²) in [6.07, 6.45) is 1.32. The van der Waals surface area contributed by atoms with Crippen LogP contribution < -0.4 is 4.74 Å². The summed E-state index contributed by atoms with van der Waals surface area (Å²) in [5.41, 5.74) is 0. The van der Waals surface area contributed by atoms with Crippen LogP contribution in [-0.4, -0.2) is 29.5 Å². The molecule has 1 aromatic rings. The van der Waals surface area contributed by atoms with E-state index in [4.69, 9.17) is 21.6 Å². The standard InChI is InChI=1S/C14H15ClN2O2/c1-10(19-13-4-2-3-11(15)9-13)14(18)17(8-7-16)12-5-6-12/h2-4,9-10,12H,5-6,8H2,1H3. The number of nitrogens with zero attached hydrogens (tertiary/aromatic N) is 2. The van der Waals surface area contributed by atoms with Crippen molar-refractivity contribution in [1.82, 2.24) is 4.90 Å². The molecule has 0 N–H and O–H groups in total. The Kier molecular flexibility index (Phi) is 4.28. The van der Waals surface area contributed by atoms with Gasteiger partial charge in [-0.05, 0) is 38.0 Å². The Hall–Kier alpha value is -1.73. The molecule has 4 nitrogen and oxygen atoms in total. The minimum absolute atomic E-state index is 0.118. The summed E-state index contributed by atoms with van der Waals surface area (Å²) in [5.74, 6) is 0.407. The van der Waals surface area contributed by atoms with Crippen LogP contribution in [0.5, 0.6) is 5.75 Å². The summed E-state index contributed by atoms with van der Waals surface area (Å²) in [7, 11) is 0. The second-order valence-electron chi connectivity index (χ2n) is 4.57. The number of halogens is 1. The number of hydrogen-bond donors (Lipinski definition) is 0. The molecule has 0 bridgehead atoms. The Morgan fingerprint density at radius 1 is 1.63 bits per heavy atom. The van der Waals surface area contributed by atoms with E-state index >= 15 is 0 Å². The predicted octanol–water partition coefficient (Wildman–Crippen LogP) is 2.62. The summed E-state index contributed by atoms with van der Waals surface area (Å²) < 4.78 is 5.58. The van der Waals surface area contributed by atoms with E-state index in [0.717, 1.165) is 12.8 Å². The SMILES string of the molecule is CC(Oc1cccc(Cl)c1)C(=O)N(CC#N)C1CC1. The molecule has 2 rings (SSSR count). The molecule has 0 saturated heterocycles. The van der Waals surface area contributed by atoms with Crippen LogP contribution in [0.1, 0.15) is 19.8 Å². The largest absolute Gasteiger partial charge is 0.481 e. The number of hydrogen-bond acceptors (Lipinski definition) is 3. The molecule has 0 heterocycles. The normalized spacial score (nSPS) is 15.4. The van der Waals surface area contributed by atoms with Gasteiger partial charge in [0, 0.05) is 11.1 Å². The van der Waals surface area contributed by atoms with Crippen LogP contribution >= 0.6 is 11.6 Å². The summed E-state index contributed by atoms with van der Waals surface area (Å²) in [5, 5.41) is 9.33. The first-order chi connectivity index (χ1) is 9.11. The van der Waals surface area contributed by atoms with Crippen LogP contribution in [0.4, 0.5) is 0 Å². The maximum Gasteiger partial charge on any atom is 0.264 e. The zero-order chi connectivity index (χ0) is 13.8. The lowest BCUT2D eigenvalue weighted by Gasteiger charge is -2.23. The molecule has 5 heteroatoms. The monoisotopic (exact) mass is 278 g/mol. The van der Waals surface area contributed by atoms with E-state index < -0.39 is 6.10 Å². The molecular weight excluding hydrogens is 264 g/mol. The first-order valence-electron chi connectivity index (χ1n) is 6.21. The molecule has 1 aliphatic carbocycles. The van der Waals surface area contributed by atoms with Gasteiger partial charge in [-0.15, -0.1) is 0 Å². The van der Waals surface area contributed by atoms with Crippen molar-refractivity contribution in [3.05, 3.63) is 29.3 Å². The van der Waals surface area contributed by atoms with E-state index in [9.17, 15) is 4.79 Å². The second-order valence-corrected chi connectivity index (χ2v) is 5.01. The van der Waals surface area contributed by atoms with Crippen molar-refractivity contribution in [2.45, 2.75) is 31.9 Å². The molecule has 1 atom stereocenters. The zero-order valence-corrected chi connectivity index (χ0v) is 11.4. The van der Waals surface area contributed by atoms with Crippen LogP contribution in [0.3, 0.4) is 0 Å². The smallest absolute Gasteiger partial charge is 0.264 e. The Balaban J connectivity index is 2.00. The first kappa shape index (κ1) is 13.7. The van der Waals surface area contributed by atoms with Crippen molar-refractivity contribution in [3.8, 4) is 11.8 Å². The lowest BCUT2D eigenvalue weighted by molar-refractivity contribution is -0.137. The average molecular weight is 279 g/mol. The maximum atomic E-state index is 12.2. The topological polar surface area (TPSA) is 53.3 Å². The highest BCUT2D eigenvalue weighted by Gasteiger charge is 2.35. The highest BCUT2D eigenvalue weighted by molar-refractivity contribution is 6.30. The van der Waals surface area contributed by atoms with E-state index in [2.05, 4.69) is 0 Å². The molecule has 0 spiro atoms. The molecule has 0 aromatic heterocycles. The Bertz CT molecular complexity index is 508. The van der Waals surface area contributed by atoms with Crippen molar-refractivity contribution >= 4 is 17.5 Å². The Labute approximate surface area is 117 Å². The fourth-order valence-electron chi connectivity index (χ4n) is 1.88. The highest BCUT2D eigenvalue weighted by atomic mass is 35.5. The summed E-state index contributed by atoms with van der Waals surface area (Å²) in [6.45, 7) is 1.81. The van der Waals surface area contributed by atoms with Crippen molar-refractivity contribution < 1.29 is 9.53 Å². The number of nitriles is 1. The number of amides is 1. The number of carbonyl (C=O) groups is 1. The van der Waals surface area contributed by atoms with Gasteiger partial charge < -0.3 is 9.64 Å². The van der Waals surface area contributed by atoms with E-state index in [1.165, 1.54) is 0 Å². The minimum atomic E-state index is -0.618. The van der Waals surface area contributed by atoms with Gasteiger partial charge in [0.1, 0.15) is 12.3 Å². The van der Waals surface area contributed by atoms with Crippen molar-refractivity contribution in [2.24, 2.45) is 0 Å². The van der Waals surface area contributed by atoms with Crippen molar-refractivity contribution in [2.75, 3.05) is 6.54 Å². The maximum absolute atomic E-state index is 12.2. The van der Waals surface area contributed by atoms with Gasteiger partial charge >= 0.3 is 0 Å². The van der Waals surface area contributed by atoms with Gasteiger partial charge in [0.25, 0.3) is 5.91 Å². The fraction of sp³-hybridized carbons (Fsp3) is 0.429. The molecule has 19 heavy (non-hydrogen) atoms. The third kappa shape index (κ3) is 3.62. The molecular formula is C14H15ClN2O2. The van der Waals surface area contributed by atoms with E-state index in [-0.39, 0.29) is 18.5 Å². The van der Waals surface area contributed by atoms with Gasteiger partial charge in [-0.2, -0.15) is 5.26 Å². The molecule has 1 unspecified atom stereocenters. The number of carbonyl (C=O) groups excluding carboxylic acids is 1. The fourth-order valence-corrected chi connectivity index (χ4v) is 2.06. The molecule has 1 saturated carbocycles. The molecule has 0 radical (unpaired) electrons. The molecule has 1 amide bonds. The minimum Gasteiger partial charge on any atom is -0.481 e. The van der Waals surface area contributed by atoms with Gasteiger partial charge in [-0.3, -0.25) is 4.79 Å². The Morgan fingerprint density at radius 2 is 2.37 bits per heavy atom. The molecule has 1 fully saturated rings. The first-order valence-corrected chi connectivity index (χ1v) is 6.59. The zero-order valence-electron chi connectivity index (χ0n) is 10.7. The third-order valence-electron chi connectivity index (χ3n) is 2.97. The van der Waals surface area contributed by atoms with E-state index in [1.807, 2.05) is 6.07 Å². The Morgan fingerprint density at radius 3 is 2.95 bits per heavy atom. The predicted molar refractivity (Wildman–Crippen MR) is 71.9 cm³/mol. The van der Waals surface area contributed by atoms with Crippen LogP contribution in [0.2, 0.25) is 5.02 Å². The number of benzene rings is 1. The molecule has 1 aliphatic rings. The lowest BCUT2D eigenvalue weighted by atomic mass is 10.3. The third-order valence-corrected chi connectivity index (χ3v) is 3.20. The number of ether oxygens (including phenoxy) is 1. The molecule has 0 aliphatic heterocycles. The average Bonchev–Trinajstić information content (AvgIpc) is 3.19. The van der Waals surface area contributed by atoms with Crippen molar-refractivity contribution in [1.29, 1.82) is 5.26 Å². The van der Waals surface area contributed by atoms with Gasteiger partial charge in [0.15, 0.2) is 6.10 Å². The van der Waals surface area contributed by atoms with Gasteiger partial charge in [-0.1, -0.05) is 17.7 Å². The lowest BCUT2D eigenvalue weighted by Crippen LogP contribution is -2.42. The molecule has 1 aromatic carbocycles. The van der Waals surface area contributed by atoms with E-state index in [0.29, 0.717) is 10.8 Å². The highest BCUT2D eigenvalue weighted by Crippen LogP contribution is 2.27. The number of rotatable bonds is 5. The summed E-state index contributed by atoms with van der Waals surface area (Å²) in [6, 6.07) is 9.16. The van der Waals surface area contributed by atoms with Crippen molar-refractivity contribution in [3.63, 3.8) is 0 Å². The quantitative estimate of drug-likeness (QED) is 0.778.